The third kappa shape index (κ3) is 3.02. The van der Waals surface area contributed by atoms with Crippen LogP contribution in [0.1, 0.15) is 35.1 Å². The molecule has 1 fully saturated rings. The number of carboxylic acids is 1. The maximum atomic E-state index is 10.5. The highest BCUT2D eigenvalue weighted by molar-refractivity contribution is 7.11. The van der Waals surface area contributed by atoms with Crippen molar-refractivity contribution in [3.05, 3.63) is 16.1 Å². The SMILES string of the molecule is O=C(O)CCc1cnc(C2CCCNC2)s1. The maximum Gasteiger partial charge on any atom is 0.303 e. The molecule has 1 unspecified atom stereocenters. The Kier molecular flexibility index (Phi) is 3.90. The zero-order valence-electron chi connectivity index (χ0n) is 9.11. The van der Waals surface area contributed by atoms with E-state index in [0.717, 1.165) is 23.0 Å². The topological polar surface area (TPSA) is 62.2 Å². The van der Waals surface area contributed by atoms with Crippen LogP contribution >= 0.6 is 11.3 Å². The minimum atomic E-state index is -0.741. The first-order valence-corrected chi connectivity index (χ1v) is 6.44. The zero-order valence-corrected chi connectivity index (χ0v) is 9.92. The Bertz CT molecular complexity index is 359. The van der Waals surface area contributed by atoms with Gasteiger partial charge >= 0.3 is 5.97 Å². The third-order valence-electron chi connectivity index (χ3n) is 2.80. The maximum absolute atomic E-state index is 10.5. The van der Waals surface area contributed by atoms with Crippen LogP contribution in [0.5, 0.6) is 0 Å². The number of aromatic nitrogens is 1. The summed E-state index contributed by atoms with van der Waals surface area (Å²) in [5.74, 6) is -0.216. The molecule has 0 bridgehead atoms. The predicted molar refractivity (Wildman–Crippen MR) is 62.9 cm³/mol. The van der Waals surface area contributed by atoms with Gasteiger partial charge in [-0.15, -0.1) is 11.3 Å². The van der Waals surface area contributed by atoms with Crippen molar-refractivity contribution in [1.82, 2.24) is 10.3 Å². The van der Waals surface area contributed by atoms with E-state index in [4.69, 9.17) is 5.11 Å². The average Bonchev–Trinajstić information content (AvgIpc) is 2.76. The van der Waals surface area contributed by atoms with Crippen LogP contribution in [-0.2, 0) is 11.2 Å². The Balaban J connectivity index is 1.93. The predicted octanol–water partition coefficient (Wildman–Crippen LogP) is 1.63. The summed E-state index contributed by atoms with van der Waals surface area (Å²) in [5, 5.41) is 13.1. The monoisotopic (exact) mass is 240 g/mol. The molecular weight excluding hydrogens is 224 g/mol. The van der Waals surface area contributed by atoms with E-state index in [1.807, 2.05) is 6.20 Å². The molecule has 5 heteroatoms. The van der Waals surface area contributed by atoms with Gasteiger partial charge in [0.05, 0.1) is 11.4 Å². The number of carbonyl (C=O) groups is 1. The summed E-state index contributed by atoms with van der Waals surface area (Å²) in [6.45, 7) is 2.11. The van der Waals surface area contributed by atoms with E-state index in [1.54, 1.807) is 11.3 Å². The Morgan fingerprint density at radius 3 is 3.25 bits per heavy atom. The van der Waals surface area contributed by atoms with Gasteiger partial charge in [0.25, 0.3) is 0 Å². The Labute approximate surface area is 98.7 Å². The Morgan fingerprint density at radius 1 is 1.69 bits per heavy atom. The van der Waals surface area contributed by atoms with Crippen LogP contribution in [0.3, 0.4) is 0 Å². The molecular formula is C11H16N2O2S. The average molecular weight is 240 g/mol. The summed E-state index contributed by atoms with van der Waals surface area (Å²) >= 11 is 1.67. The quantitative estimate of drug-likeness (QED) is 0.839. The summed E-state index contributed by atoms with van der Waals surface area (Å²) in [5.41, 5.74) is 0. The van der Waals surface area contributed by atoms with Crippen molar-refractivity contribution in [3.63, 3.8) is 0 Å². The summed E-state index contributed by atoms with van der Waals surface area (Å²) in [7, 11) is 0. The first-order valence-electron chi connectivity index (χ1n) is 5.63. The van der Waals surface area contributed by atoms with Gasteiger partial charge < -0.3 is 10.4 Å². The van der Waals surface area contributed by atoms with Crippen LogP contribution in [0, 0.1) is 0 Å². The Hall–Kier alpha value is -0.940. The standard InChI is InChI=1S/C11H16N2O2S/c14-10(15)4-3-9-7-13-11(16-9)8-2-1-5-12-6-8/h7-8,12H,1-6H2,(H,14,15). The lowest BCUT2D eigenvalue weighted by atomic mass is 10.0. The molecule has 4 nitrogen and oxygen atoms in total. The van der Waals surface area contributed by atoms with Crippen LogP contribution in [0.2, 0.25) is 0 Å². The minimum Gasteiger partial charge on any atom is -0.481 e. The lowest BCUT2D eigenvalue weighted by Crippen LogP contribution is -2.28. The molecule has 0 aliphatic carbocycles. The number of carboxylic acid groups (broad SMARTS) is 1. The number of aliphatic carboxylic acids is 1. The van der Waals surface area contributed by atoms with Crippen LogP contribution < -0.4 is 5.32 Å². The van der Waals surface area contributed by atoms with Gasteiger partial charge in [0, 0.05) is 23.5 Å². The van der Waals surface area contributed by atoms with E-state index in [1.165, 1.54) is 12.8 Å². The van der Waals surface area contributed by atoms with E-state index in [-0.39, 0.29) is 6.42 Å². The third-order valence-corrected chi connectivity index (χ3v) is 4.02. The van der Waals surface area contributed by atoms with Crippen molar-refractivity contribution in [2.24, 2.45) is 0 Å². The minimum absolute atomic E-state index is 0.199. The number of nitrogens with zero attached hydrogens (tertiary/aromatic N) is 1. The van der Waals surface area contributed by atoms with Crippen molar-refractivity contribution >= 4 is 17.3 Å². The number of piperidine rings is 1. The summed E-state index contributed by atoms with van der Waals surface area (Å²) in [6.07, 6.45) is 5.03. The van der Waals surface area contributed by atoms with E-state index in [0.29, 0.717) is 12.3 Å². The molecule has 1 aliphatic heterocycles. The number of aryl methyl sites for hydroxylation is 1. The van der Waals surface area contributed by atoms with Crippen molar-refractivity contribution in [2.75, 3.05) is 13.1 Å². The van der Waals surface area contributed by atoms with E-state index in [2.05, 4.69) is 10.3 Å². The molecule has 1 aliphatic rings. The van der Waals surface area contributed by atoms with Crippen LogP contribution in [-0.4, -0.2) is 29.1 Å². The summed E-state index contributed by atoms with van der Waals surface area (Å²) in [6, 6.07) is 0. The molecule has 0 spiro atoms. The van der Waals surface area contributed by atoms with Crippen LogP contribution in [0.25, 0.3) is 0 Å². The van der Waals surface area contributed by atoms with E-state index >= 15 is 0 Å². The molecule has 16 heavy (non-hydrogen) atoms. The fourth-order valence-electron chi connectivity index (χ4n) is 1.92. The van der Waals surface area contributed by atoms with Gasteiger partial charge in [0.15, 0.2) is 0 Å². The molecule has 0 aromatic carbocycles. The van der Waals surface area contributed by atoms with E-state index in [9.17, 15) is 4.79 Å². The van der Waals surface area contributed by atoms with Crippen molar-refractivity contribution in [2.45, 2.75) is 31.6 Å². The molecule has 88 valence electrons. The molecule has 1 atom stereocenters. The second kappa shape index (κ2) is 5.41. The van der Waals surface area contributed by atoms with Crippen molar-refractivity contribution in [3.8, 4) is 0 Å². The lowest BCUT2D eigenvalue weighted by molar-refractivity contribution is -0.136. The van der Waals surface area contributed by atoms with Gasteiger partial charge in [-0.05, 0) is 25.8 Å². The number of nitrogens with one attached hydrogen (secondary N) is 1. The number of thiazole rings is 1. The largest absolute Gasteiger partial charge is 0.481 e. The van der Waals surface area contributed by atoms with Gasteiger partial charge in [-0.3, -0.25) is 4.79 Å². The van der Waals surface area contributed by atoms with Gasteiger partial charge in [0.2, 0.25) is 0 Å². The highest BCUT2D eigenvalue weighted by Gasteiger charge is 2.18. The number of hydrogen-bond donors (Lipinski definition) is 2. The lowest BCUT2D eigenvalue weighted by Gasteiger charge is -2.20. The van der Waals surface area contributed by atoms with Gasteiger partial charge in [-0.2, -0.15) is 0 Å². The van der Waals surface area contributed by atoms with Gasteiger partial charge in [-0.1, -0.05) is 0 Å². The molecule has 0 amide bonds. The zero-order chi connectivity index (χ0) is 11.4. The molecule has 1 aromatic rings. The van der Waals surface area contributed by atoms with Crippen molar-refractivity contribution in [1.29, 1.82) is 0 Å². The van der Waals surface area contributed by atoms with Crippen LogP contribution in [0.4, 0.5) is 0 Å². The molecule has 1 saturated heterocycles. The Morgan fingerprint density at radius 2 is 2.56 bits per heavy atom. The molecule has 2 N–H and O–H groups in total. The second-order valence-corrected chi connectivity index (χ2v) is 5.25. The first kappa shape index (κ1) is 11.5. The first-order chi connectivity index (χ1) is 7.75. The summed E-state index contributed by atoms with van der Waals surface area (Å²) < 4.78 is 0. The number of hydrogen-bond acceptors (Lipinski definition) is 4. The molecule has 1 aromatic heterocycles. The smallest absolute Gasteiger partial charge is 0.303 e. The molecule has 2 heterocycles. The molecule has 0 radical (unpaired) electrons. The van der Waals surface area contributed by atoms with E-state index < -0.39 is 5.97 Å². The van der Waals surface area contributed by atoms with Gasteiger partial charge in [0.1, 0.15) is 0 Å². The van der Waals surface area contributed by atoms with Gasteiger partial charge in [-0.25, -0.2) is 4.98 Å². The van der Waals surface area contributed by atoms with Crippen molar-refractivity contribution < 1.29 is 9.90 Å². The highest BCUT2D eigenvalue weighted by atomic mass is 32.1. The van der Waals surface area contributed by atoms with Crippen LogP contribution in [0.15, 0.2) is 6.20 Å². The summed E-state index contributed by atoms with van der Waals surface area (Å²) in [4.78, 5) is 15.9. The molecule has 0 saturated carbocycles. The molecule has 2 rings (SSSR count). The normalized spacial score (nSPS) is 20.9. The highest BCUT2D eigenvalue weighted by Crippen LogP contribution is 2.27. The fraction of sp³-hybridized carbons (Fsp3) is 0.636. The second-order valence-electron chi connectivity index (χ2n) is 4.10. The fourth-order valence-corrected chi connectivity index (χ4v) is 2.97. The number of rotatable bonds is 4.